The lowest BCUT2D eigenvalue weighted by atomic mass is 9.59. The lowest BCUT2D eigenvalue weighted by Crippen LogP contribution is -2.54. The van der Waals surface area contributed by atoms with Crippen LogP contribution in [0.5, 0.6) is 0 Å². The fraction of sp³-hybridized carbons (Fsp3) is 0.0476. The first-order valence-corrected chi connectivity index (χ1v) is 15.1. The Morgan fingerprint density at radius 1 is 0.318 bits per heavy atom. The summed E-state index contributed by atoms with van der Waals surface area (Å²) < 4.78 is 0. The third-order valence-electron chi connectivity index (χ3n) is 9.38. The normalized spacial score (nSPS) is 19.8. The molecule has 3 aliphatic rings. The average molecular weight is 565 g/mol. The van der Waals surface area contributed by atoms with Gasteiger partial charge in [0.15, 0.2) is 11.2 Å². The maximum atomic E-state index is 6.96. The minimum absolute atomic E-state index is 1.01. The van der Waals surface area contributed by atoms with Crippen LogP contribution in [0.3, 0.4) is 0 Å². The summed E-state index contributed by atoms with van der Waals surface area (Å²) in [5, 5.41) is 2.37. The zero-order valence-electron chi connectivity index (χ0n) is 24.0. The van der Waals surface area contributed by atoms with Crippen molar-refractivity contribution in [3.63, 3.8) is 0 Å². The zero-order valence-corrected chi connectivity index (χ0v) is 24.0. The van der Waals surface area contributed by atoms with E-state index in [4.69, 9.17) is 9.78 Å². The molecule has 0 spiro atoms. The van der Waals surface area contributed by atoms with Crippen LogP contribution < -0.4 is 0 Å². The van der Waals surface area contributed by atoms with E-state index in [1.54, 1.807) is 0 Å². The standard InChI is InChI=1S/C42H28O2/c1-5-17-29(18-6-1)37-33-25-13-14-26-34(33)38(30-19-7-2-8-20-30)40-39(37)41(31-21-9-3-10-22-31)35-27-15-16-28-36(35)42(40,44-43-41)32-23-11-4-12-24-32/h1-28H. The van der Waals surface area contributed by atoms with Crippen molar-refractivity contribution in [2.75, 3.05) is 0 Å². The van der Waals surface area contributed by atoms with Crippen LogP contribution in [0, 0.1) is 0 Å². The van der Waals surface area contributed by atoms with Gasteiger partial charge in [-0.2, -0.15) is 0 Å². The van der Waals surface area contributed by atoms with Crippen LogP contribution in [0.15, 0.2) is 170 Å². The molecule has 7 aromatic carbocycles. The first-order chi connectivity index (χ1) is 21.8. The zero-order chi connectivity index (χ0) is 29.1. The summed E-state index contributed by atoms with van der Waals surface area (Å²) in [5.74, 6) is 0. The minimum atomic E-state index is -1.01. The Morgan fingerprint density at radius 2 is 0.636 bits per heavy atom. The molecule has 2 atom stereocenters. The van der Waals surface area contributed by atoms with Gasteiger partial charge in [0, 0.05) is 22.3 Å². The second-order valence-electron chi connectivity index (χ2n) is 11.6. The Hall–Kier alpha value is -5.28. The van der Waals surface area contributed by atoms with Crippen molar-refractivity contribution in [1.29, 1.82) is 0 Å². The van der Waals surface area contributed by atoms with E-state index in [1.807, 2.05) is 0 Å². The summed E-state index contributed by atoms with van der Waals surface area (Å²) in [5.41, 5.74) is 9.10. The molecule has 0 saturated carbocycles. The van der Waals surface area contributed by atoms with E-state index in [9.17, 15) is 0 Å². The molecule has 7 aromatic rings. The number of fused-ring (bicyclic) bond motifs is 2. The monoisotopic (exact) mass is 564 g/mol. The fourth-order valence-electron chi connectivity index (χ4n) is 7.66. The highest BCUT2D eigenvalue weighted by Gasteiger charge is 2.62. The van der Waals surface area contributed by atoms with Crippen molar-refractivity contribution >= 4 is 10.8 Å². The van der Waals surface area contributed by atoms with Gasteiger partial charge in [0.1, 0.15) is 0 Å². The predicted octanol–water partition coefficient (Wildman–Crippen LogP) is 10.0. The van der Waals surface area contributed by atoms with Gasteiger partial charge in [-0.15, -0.1) is 0 Å². The van der Waals surface area contributed by atoms with Crippen LogP contribution in [0.4, 0.5) is 0 Å². The molecule has 2 aliphatic heterocycles. The molecule has 2 heteroatoms. The highest BCUT2D eigenvalue weighted by molar-refractivity contribution is 6.10. The van der Waals surface area contributed by atoms with E-state index < -0.39 is 11.2 Å². The van der Waals surface area contributed by atoms with E-state index in [0.29, 0.717) is 0 Å². The third kappa shape index (κ3) is 3.27. The molecule has 208 valence electrons. The Bertz CT molecular complexity index is 2000. The largest absolute Gasteiger partial charge is 0.214 e. The van der Waals surface area contributed by atoms with Crippen molar-refractivity contribution < 1.29 is 9.78 Å². The van der Waals surface area contributed by atoms with Gasteiger partial charge in [-0.1, -0.05) is 170 Å². The number of hydrogen-bond acceptors (Lipinski definition) is 2. The van der Waals surface area contributed by atoms with Crippen molar-refractivity contribution in [2.45, 2.75) is 11.2 Å². The van der Waals surface area contributed by atoms with Crippen molar-refractivity contribution in [1.82, 2.24) is 0 Å². The smallest absolute Gasteiger partial charge is 0.180 e. The SMILES string of the molecule is c1ccc(-c2c3c(c(-c4ccccc4)c4ccccc24)C2(c4ccccc4)OOC3(c3ccccc3)c3ccccc32)cc1. The molecule has 0 fully saturated rings. The predicted molar refractivity (Wildman–Crippen MR) is 176 cm³/mol. The first kappa shape index (κ1) is 25.2. The molecule has 1 aliphatic carbocycles. The summed E-state index contributed by atoms with van der Waals surface area (Å²) in [6.45, 7) is 0. The highest BCUT2D eigenvalue weighted by atomic mass is 17.2. The van der Waals surface area contributed by atoms with Crippen LogP contribution in [0.25, 0.3) is 33.0 Å². The number of benzene rings is 7. The molecule has 10 rings (SSSR count). The van der Waals surface area contributed by atoms with Crippen molar-refractivity contribution in [3.05, 3.63) is 203 Å². The maximum absolute atomic E-state index is 6.96. The Kier molecular flexibility index (Phi) is 5.52. The Balaban J connectivity index is 1.61. The molecule has 2 unspecified atom stereocenters. The minimum Gasteiger partial charge on any atom is -0.214 e. The molecule has 44 heavy (non-hydrogen) atoms. The molecule has 0 amide bonds. The molecular weight excluding hydrogens is 536 g/mol. The van der Waals surface area contributed by atoms with Crippen molar-refractivity contribution in [2.24, 2.45) is 0 Å². The van der Waals surface area contributed by atoms with Crippen LogP contribution in [-0.4, -0.2) is 0 Å². The summed E-state index contributed by atoms with van der Waals surface area (Å²) in [4.78, 5) is 13.9. The summed E-state index contributed by atoms with van der Waals surface area (Å²) in [6.07, 6.45) is 0. The van der Waals surface area contributed by atoms with E-state index >= 15 is 0 Å². The van der Waals surface area contributed by atoms with E-state index in [-0.39, 0.29) is 0 Å². The molecule has 2 bridgehead atoms. The van der Waals surface area contributed by atoms with Gasteiger partial charge in [-0.25, -0.2) is 9.78 Å². The molecule has 0 aromatic heterocycles. The summed E-state index contributed by atoms with van der Waals surface area (Å²) >= 11 is 0. The van der Waals surface area contributed by atoms with Gasteiger partial charge in [0.25, 0.3) is 0 Å². The summed E-state index contributed by atoms with van der Waals surface area (Å²) in [7, 11) is 0. The molecule has 2 nitrogen and oxygen atoms in total. The second kappa shape index (κ2) is 9.62. The Morgan fingerprint density at radius 3 is 1.02 bits per heavy atom. The number of hydrogen-bond donors (Lipinski definition) is 0. The lowest BCUT2D eigenvalue weighted by Gasteiger charge is -2.55. The fourth-order valence-corrected chi connectivity index (χ4v) is 7.66. The van der Waals surface area contributed by atoms with Crippen molar-refractivity contribution in [3.8, 4) is 22.3 Å². The highest BCUT2D eigenvalue weighted by Crippen LogP contribution is 2.66. The molecule has 0 N–H and O–H groups in total. The average Bonchev–Trinajstić information content (AvgIpc) is 3.12. The lowest BCUT2D eigenvalue weighted by molar-refractivity contribution is -0.409. The van der Waals surface area contributed by atoms with Gasteiger partial charge in [-0.05, 0) is 44.2 Å². The van der Waals surface area contributed by atoms with Gasteiger partial charge >= 0.3 is 0 Å². The van der Waals surface area contributed by atoms with Gasteiger partial charge in [0.05, 0.1) is 0 Å². The van der Waals surface area contributed by atoms with E-state index in [1.165, 1.54) is 10.8 Å². The maximum Gasteiger partial charge on any atom is 0.180 e. The van der Waals surface area contributed by atoms with Gasteiger partial charge < -0.3 is 0 Å². The van der Waals surface area contributed by atoms with E-state index in [0.717, 1.165) is 55.6 Å². The van der Waals surface area contributed by atoms with Gasteiger partial charge in [-0.3, -0.25) is 0 Å². The first-order valence-electron chi connectivity index (χ1n) is 15.1. The topological polar surface area (TPSA) is 18.5 Å². The van der Waals surface area contributed by atoms with Gasteiger partial charge in [0.2, 0.25) is 0 Å². The van der Waals surface area contributed by atoms with Crippen LogP contribution in [-0.2, 0) is 21.0 Å². The molecule has 0 saturated heterocycles. The number of rotatable bonds is 4. The quantitative estimate of drug-likeness (QED) is 0.198. The third-order valence-corrected chi connectivity index (χ3v) is 9.38. The molecular formula is C42H28O2. The molecule has 0 radical (unpaired) electrons. The van der Waals surface area contributed by atoms with Crippen LogP contribution in [0.2, 0.25) is 0 Å². The Labute approximate surface area is 256 Å². The van der Waals surface area contributed by atoms with E-state index in [2.05, 4.69) is 170 Å². The van der Waals surface area contributed by atoms with Crippen LogP contribution >= 0.6 is 0 Å². The second-order valence-corrected chi connectivity index (χ2v) is 11.6. The van der Waals surface area contributed by atoms with Crippen LogP contribution in [0.1, 0.15) is 33.4 Å². The molecule has 2 heterocycles. The summed E-state index contributed by atoms with van der Waals surface area (Å²) in [6, 6.07) is 60.1.